The van der Waals surface area contributed by atoms with Crippen LogP contribution in [0.4, 0.5) is 0 Å². The number of carbonyl (C=O) groups is 2. The molecular weight excluding hydrogens is 372 g/mol. The van der Waals surface area contributed by atoms with Crippen molar-refractivity contribution in [1.82, 2.24) is 10.6 Å². The number of nitrogens with one attached hydrogen (secondary N) is 2. The predicted octanol–water partition coefficient (Wildman–Crippen LogP) is 2.82. The number of hydrogen-bond donors (Lipinski definition) is 2. The molecule has 126 valence electrons. The molecule has 0 aromatic heterocycles. The van der Waals surface area contributed by atoms with E-state index in [0.29, 0.717) is 5.75 Å². The summed E-state index contributed by atoms with van der Waals surface area (Å²) in [5, 5.41) is 5.38. The van der Waals surface area contributed by atoms with Crippen LogP contribution in [0.15, 0.2) is 59.1 Å². The molecule has 0 aliphatic heterocycles. The number of carbonyl (C=O) groups excluding carboxylic acids is 2. The van der Waals surface area contributed by atoms with Crippen LogP contribution in [-0.2, 0) is 9.59 Å². The maximum Gasteiger partial charge on any atom is 0.258 e. The van der Waals surface area contributed by atoms with E-state index in [-0.39, 0.29) is 31.0 Å². The first-order valence-electron chi connectivity index (χ1n) is 7.54. The molecule has 0 aliphatic carbocycles. The molecule has 0 aliphatic rings. The van der Waals surface area contributed by atoms with Gasteiger partial charge in [-0.05, 0) is 30.7 Å². The zero-order chi connectivity index (χ0) is 17.4. The van der Waals surface area contributed by atoms with Crippen molar-refractivity contribution in [2.75, 3.05) is 13.2 Å². The summed E-state index contributed by atoms with van der Waals surface area (Å²) in [5.74, 6) is 0.00788. The second-order valence-corrected chi connectivity index (χ2v) is 6.04. The van der Waals surface area contributed by atoms with E-state index in [1.165, 1.54) is 0 Å². The lowest BCUT2D eigenvalue weighted by atomic mass is 10.1. The summed E-state index contributed by atoms with van der Waals surface area (Å²) in [6, 6.07) is 16.5. The van der Waals surface area contributed by atoms with E-state index in [4.69, 9.17) is 4.74 Å². The van der Waals surface area contributed by atoms with Crippen molar-refractivity contribution in [1.29, 1.82) is 0 Å². The second kappa shape index (κ2) is 9.08. The van der Waals surface area contributed by atoms with Gasteiger partial charge < -0.3 is 15.4 Å². The Hall–Kier alpha value is -2.34. The van der Waals surface area contributed by atoms with Gasteiger partial charge in [-0.15, -0.1) is 0 Å². The molecule has 0 spiro atoms. The molecule has 0 saturated heterocycles. The van der Waals surface area contributed by atoms with E-state index < -0.39 is 0 Å². The molecule has 24 heavy (non-hydrogen) atoms. The van der Waals surface area contributed by atoms with E-state index in [1.54, 1.807) is 12.1 Å². The molecule has 1 atom stereocenters. The first-order valence-corrected chi connectivity index (χ1v) is 8.34. The van der Waals surface area contributed by atoms with Gasteiger partial charge in [0.25, 0.3) is 5.91 Å². The van der Waals surface area contributed by atoms with Gasteiger partial charge in [0.05, 0.1) is 12.6 Å². The SMILES string of the molecule is C[C@@H](NC(=O)CNC(=O)COc1ccccc1)c1ccccc1Br. The number of ether oxygens (including phenoxy) is 1. The molecule has 2 amide bonds. The van der Waals surface area contributed by atoms with E-state index in [9.17, 15) is 9.59 Å². The molecule has 2 aromatic carbocycles. The Morgan fingerprint density at radius 1 is 1.04 bits per heavy atom. The summed E-state index contributed by atoms with van der Waals surface area (Å²) in [6.07, 6.45) is 0. The van der Waals surface area contributed by atoms with Crippen molar-refractivity contribution >= 4 is 27.7 Å². The third kappa shape index (κ3) is 5.70. The molecule has 2 N–H and O–H groups in total. The third-order valence-corrected chi connectivity index (χ3v) is 4.03. The summed E-state index contributed by atoms with van der Waals surface area (Å²) in [4.78, 5) is 23.6. The normalized spacial score (nSPS) is 11.4. The number of rotatable bonds is 7. The van der Waals surface area contributed by atoms with Crippen LogP contribution in [0.1, 0.15) is 18.5 Å². The van der Waals surface area contributed by atoms with Crippen LogP contribution < -0.4 is 15.4 Å². The summed E-state index contributed by atoms with van der Waals surface area (Å²) in [7, 11) is 0. The largest absolute Gasteiger partial charge is 0.484 e. The highest BCUT2D eigenvalue weighted by Crippen LogP contribution is 2.22. The number of amides is 2. The van der Waals surface area contributed by atoms with Gasteiger partial charge in [-0.3, -0.25) is 9.59 Å². The predicted molar refractivity (Wildman–Crippen MR) is 95.6 cm³/mol. The first-order chi connectivity index (χ1) is 11.6. The van der Waals surface area contributed by atoms with Crippen molar-refractivity contribution in [3.8, 4) is 5.75 Å². The standard InChI is InChI=1S/C18H19BrN2O3/c1-13(15-9-5-6-10-16(15)19)21-17(22)11-20-18(23)12-24-14-7-3-2-4-8-14/h2-10,13H,11-12H2,1H3,(H,20,23)(H,21,22)/t13-/m1/s1. The fourth-order valence-corrected chi connectivity index (χ4v) is 2.72. The van der Waals surface area contributed by atoms with Gasteiger partial charge in [-0.1, -0.05) is 52.3 Å². The molecule has 5 nitrogen and oxygen atoms in total. The fourth-order valence-electron chi connectivity index (χ4n) is 2.09. The van der Waals surface area contributed by atoms with Crippen LogP contribution in [0.5, 0.6) is 5.75 Å². The van der Waals surface area contributed by atoms with Gasteiger partial charge in [0, 0.05) is 4.47 Å². The summed E-state index contributed by atoms with van der Waals surface area (Å²) < 4.78 is 6.25. The first kappa shape index (κ1) is 18.0. The average Bonchev–Trinajstić information content (AvgIpc) is 2.59. The van der Waals surface area contributed by atoms with Gasteiger partial charge >= 0.3 is 0 Å². The quantitative estimate of drug-likeness (QED) is 0.763. The maximum atomic E-state index is 11.9. The third-order valence-electron chi connectivity index (χ3n) is 3.31. The second-order valence-electron chi connectivity index (χ2n) is 5.19. The molecular formula is C18H19BrN2O3. The van der Waals surface area contributed by atoms with Crippen LogP contribution in [0.3, 0.4) is 0 Å². The highest BCUT2D eigenvalue weighted by atomic mass is 79.9. The fraction of sp³-hybridized carbons (Fsp3) is 0.222. The van der Waals surface area contributed by atoms with Crippen molar-refractivity contribution < 1.29 is 14.3 Å². The zero-order valence-electron chi connectivity index (χ0n) is 13.3. The Kier molecular flexibility index (Phi) is 6.81. The lowest BCUT2D eigenvalue weighted by Gasteiger charge is -2.16. The Morgan fingerprint density at radius 3 is 2.42 bits per heavy atom. The number of benzene rings is 2. The minimum atomic E-state index is -0.345. The molecule has 0 radical (unpaired) electrons. The van der Waals surface area contributed by atoms with Gasteiger partial charge in [0.15, 0.2) is 6.61 Å². The molecule has 2 rings (SSSR count). The molecule has 0 saturated carbocycles. The van der Waals surface area contributed by atoms with E-state index in [0.717, 1.165) is 10.0 Å². The summed E-state index contributed by atoms with van der Waals surface area (Å²) >= 11 is 3.45. The van der Waals surface area contributed by atoms with Gasteiger partial charge in [-0.25, -0.2) is 0 Å². The molecule has 2 aromatic rings. The van der Waals surface area contributed by atoms with Crippen LogP contribution >= 0.6 is 15.9 Å². The van der Waals surface area contributed by atoms with Crippen LogP contribution in [-0.4, -0.2) is 25.0 Å². The summed E-state index contributed by atoms with van der Waals surface area (Å²) in [6.45, 7) is 1.67. The lowest BCUT2D eigenvalue weighted by Crippen LogP contribution is -2.39. The van der Waals surface area contributed by atoms with Crippen LogP contribution in [0.25, 0.3) is 0 Å². The van der Waals surface area contributed by atoms with Crippen molar-refractivity contribution in [2.45, 2.75) is 13.0 Å². The molecule has 6 heteroatoms. The molecule has 0 unspecified atom stereocenters. The van der Waals surface area contributed by atoms with E-state index in [1.807, 2.05) is 49.4 Å². The summed E-state index contributed by atoms with van der Waals surface area (Å²) in [5.41, 5.74) is 0.976. The van der Waals surface area contributed by atoms with Crippen molar-refractivity contribution in [2.24, 2.45) is 0 Å². The highest BCUT2D eigenvalue weighted by molar-refractivity contribution is 9.10. The van der Waals surface area contributed by atoms with Crippen LogP contribution in [0.2, 0.25) is 0 Å². The number of halogens is 1. The lowest BCUT2D eigenvalue weighted by molar-refractivity contribution is -0.127. The molecule has 0 fully saturated rings. The van der Waals surface area contributed by atoms with E-state index in [2.05, 4.69) is 26.6 Å². The molecule has 0 bridgehead atoms. The number of para-hydroxylation sites is 1. The Balaban J connectivity index is 1.72. The topological polar surface area (TPSA) is 67.4 Å². The van der Waals surface area contributed by atoms with Gasteiger partial charge in [0.1, 0.15) is 5.75 Å². The van der Waals surface area contributed by atoms with Crippen LogP contribution in [0, 0.1) is 0 Å². The monoisotopic (exact) mass is 390 g/mol. The number of hydrogen-bond acceptors (Lipinski definition) is 3. The minimum Gasteiger partial charge on any atom is -0.484 e. The Bertz CT molecular complexity index is 692. The van der Waals surface area contributed by atoms with E-state index >= 15 is 0 Å². The van der Waals surface area contributed by atoms with Crippen molar-refractivity contribution in [3.63, 3.8) is 0 Å². The Morgan fingerprint density at radius 2 is 1.71 bits per heavy atom. The smallest absolute Gasteiger partial charge is 0.258 e. The maximum absolute atomic E-state index is 11.9. The Labute approximate surface area is 149 Å². The molecule has 0 heterocycles. The average molecular weight is 391 g/mol. The minimum absolute atomic E-state index is 0.0915. The van der Waals surface area contributed by atoms with Gasteiger partial charge in [0.2, 0.25) is 5.91 Å². The van der Waals surface area contributed by atoms with Crippen molar-refractivity contribution in [3.05, 3.63) is 64.6 Å². The highest BCUT2D eigenvalue weighted by Gasteiger charge is 2.12. The zero-order valence-corrected chi connectivity index (χ0v) is 14.9. The van der Waals surface area contributed by atoms with Gasteiger partial charge in [-0.2, -0.15) is 0 Å².